The zero-order chi connectivity index (χ0) is 20.9. The summed E-state index contributed by atoms with van der Waals surface area (Å²) in [6, 6.07) is 14.6. The molecule has 7 heteroatoms. The minimum atomic E-state index is -3.80. The molecule has 152 valence electrons. The van der Waals surface area contributed by atoms with Gasteiger partial charge in [0.1, 0.15) is 6.54 Å². The highest BCUT2D eigenvalue weighted by Gasteiger charge is 2.27. The highest BCUT2D eigenvalue weighted by molar-refractivity contribution is 7.90. The van der Waals surface area contributed by atoms with Crippen molar-refractivity contribution in [3.05, 3.63) is 65.2 Å². The zero-order valence-electron chi connectivity index (χ0n) is 17.1. The third-order valence-electron chi connectivity index (χ3n) is 4.75. The van der Waals surface area contributed by atoms with E-state index in [0.717, 1.165) is 19.7 Å². The fourth-order valence-electron chi connectivity index (χ4n) is 2.87. The van der Waals surface area contributed by atoms with Crippen LogP contribution in [0.25, 0.3) is 0 Å². The van der Waals surface area contributed by atoms with Crippen LogP contribution in [0.5, 0.6) is 0 Å². The van der Waals surface area contributed by atoms with Crippen molar-refractivity contribution in [1.29, 1.82) is 0 Å². The van der Waals surface area contributed by atoms with Crippen LogP contribution < -0.4 is 9.62 Å². The third-order valence-corrected chi connectivity index (χ3v) is 6.57. The SMILES string of the molecule is CC[C@@H](NC(=O)CN(c1ccccc1)S(=O)(=O)N(C)C)c1ccc(C)c(C)c1. The van der Waals surface area contributed by atoms with Crippen molar-refractivity contribution in [2.24, 2.45) is 0 Å². The van der Waals surface area contributed by atoms with Crippen molar-refractivity contribution in [2.45, 2.75) is 33.2 Å². The maximum atomic E-state index is 12.8. The average molecular weight is 404 g/mol. The first-order chi connectivity index (χ1) is 13.2. The molecule has 0 radical (unpaired) electrons. The Morgan fingerprint density at radius 2 is 1.68 bits per heavy atom. The van der Waals surface area contributed by atoms with Gasteiger partial charge in [-0.15, -0.1) is 0 Å². The topological polar surface area (TPSA) is 69.7 Å². The second-order valence-corrected chi connectivity index (χ2v) is 9.07. The Hall–Kier alpha value is -2.38. The van der Waals surface area contributed by atoms with E-state index in [4.69, 9.17) is 0 Å². The van der Waals surface area contributed by atoms with E-state index in [1.54, 1.807) is 30.3 Å². The van der Waals surface area contributed by atoms with E-state index >= 15 is 0 Å². The highest BCUT2D eigenvalue weighted by atomic mass is 32.2. The van der Waals surface area contributed by atoms with E-state index in [2.05, 4.69) is 11.4 Å². The second-order valence-electron chi connectivity index (χ2n) is 7.00. The second kappa shape index (κ2) is 9.21. The maximum Gasteiger partial charge on any atom is 0.304 e. The lowest BCUT2D eigenvalue weighted by Gasteiger charge is -2.28. The van der Waals surface area contributed by atoms with Gasteiger partial charge in [-0.3, -0.25) is 4.79 Å². The van der Waals surface area contributed by atoms with E-state index in [0.29, 0.717) is 12.1 Å². The van der Waals surface area contributed by atoms with E-state index in [1.165, 1.54) is 19.7 Å². The number of hydrogen-bond donors (Lipinski definition) is 1. The molecule has 6 nitrogen and oxygen atoms in total. The molecular weight excluding hydrogens is 374 g/mol. The van der Waals surface area contributed by atoms with Gasteiger partial charge in [0.15, 0.2) is 0 Å². The number of anilines is 1. The van der Waals surface area contributed by atoms with Crippen molar-refractivity contribution < 1.29 is 13.2 Å². The summed E-state index contributed by atoms with van der Waals surface area (Å²) in [4.78, 5) is 12.8. The first-order valence-corrected chi connectivity index (χ1v) is 10.7. The number of aryl methyl sites for hydroxylation is 2. The summed E-state index contributed by atoms with van der Waals surface area (Å²) < 4.78 is 27.7. The Kier molecular flexibility index (Phi) is 7.21. The van der Waals surface area contributed by atoms with E-state index < -0.39 is 10.2 Å². The van der Waals surface area contributed by atoms with Crippen molar-refractivity contribution >= 4 is 21.8 Å². The molecule has 0 unspecified atom stereocenters. The number of carbonyl (C=O) groups is 1. The molecule has 2 aromatic carbocycles. The van der Waals surface area contributed by atoms with Gasteiger partial charge in [-0.25, -0.2) is 4.31 Å². The number of nitrogens with zero attached hydrogens (tertiary/aromatic N) is 2. The summed E-state index contributed by atoms with van der Waals surface area (Å²) in [6.07, 6.45) is 0.708. The molecule has 0 aliphatic rings. The van der Waals surface area contributed by atoms with Crippen LogP contribution >= 0.6 is 0 Å². The normalized spacial score (nSPS) is 12.6. The fraction of sp³-hybridized carbons (Fsp3) is 0.381. The summed E-state index contributed by atoms with van der Waals surface area (Å²) in [5.41, 5.74) is 3.81. The number of para-hydroxylation sites is 1. The Morgan fingerprint density at radius 1 is 1.04 bits per heavy atom. The Balaban J connectivity index is 2.24. The smallest absolute Gasteiger partial charge is 0.304 e. The van der Waals surface area contributed by atoms with Gasteiger partial charge in [-0.05, 0) is 49.1 Å². The third kappa shape index (κ3) is 5.11. The molecule has 0 aliphatic heterocycles. The van der Waals surface area contributed by atoms with E-state index in [-0.39, 0.29) is 18.5 Å². The van der Waals surface area contributed by atoms with Gasteiger partial charge in [0.05, 0.1) is 11.7 Å². The molecule has 0 aliphatic carbocycles. The van der Waals surface area contributed by atoms with Gasteiger partial charge in [0.25, 0.3) is 0 Å². The first kappa shape index (κ1) is 21.9. The molecule has 0 spiro atoms. The first-order valence-electron chi connectivity index (χ1n) is 9.28. The van der Waals surface area contributed by atoms with Crippen LogP contribution in [0.15, 0.2) is 48.5 Å². The number of rotatable bonds is 8. The molecule has 2 aromatic rings. The Morgan fingerprint density at radius 3 is 2.21 bits per heavy atom. The zero-order valence-corrected chi connectivity index (χ0v) is 18.0. The minimum absolute atomic E-state index is 0.175. The largest absolute Gasteiger partial charge is 0.348 e. The van der Waals surface area contributed by atoms with Crippen LogP contribution in [-0.2, 0) is 15.0 Å². The molecule has 0 aromatic heterocycles. The maximum absolute atomic E-state index is 12.8. The minimum Gasteiger partial charge on any atom is -0.348 e. The monoisotopic (exact) mass is 403 g/mol. The lowest BCUT2D eigenvalue weighted by molar-refractivity contribution is -0.120. The summed E-state index contributed by atoms with van der Waals surface area (Å²) in [5.74, 6) is -0.348. The van der Waals surface area contributed by atoms with Crippen LogP contribution in [0.4, 0.5) is 5.69 Å². The summed E-state index contributed by atoms with van der Waals surface area (Å²) >= 11 is 0. The van der Waals surface area contributed by atoms with Crippen molar-refractivity contribution in [3.63, 3.8) is 0 Å². The quantitative estimate of drug-likeness (QED) is 0.736. The van der Waals surface area contributed by atoms with Gasteiger partial charge < -0.3 is 5.32 Å². The van der Waals surface area contributed by atoms with Crippen LogP contribution in [0, 0.1) is 13.8 Å². The molecule has 0 saturated heterocycles. The van der Waals surface area contributed by atoms with Gasteiger partial charge >= 0.3 is 10.2 Å². The number of nitrogens with one attached hydrogen (secondary N) is 1. The molecule has 1 N–H and O–H groups in total. The molecule has 1 atom stereocenters. The van der Waals surface area contributed by atoms with Gasteiger partial charge in [-0.1, -0.05) is 43.3 Å². The average Bonchev–Trinajstić information content (AvgIpc) is 2.67. The van der Waals surface area contributed by atoms with E-state index in [1.807, 2.05) is 32.9 Å². The predicted octanol–water partition coefficient (Wildman–Crippen LogP) is 3.18. The van der Waals surface area contributed by atoms with Gasteiger partial charge in [-0.2, -0.15) is 12.7 Å². The molecule has 28 heavy (non-hydrogen) atoms. The standard InChI is InChI=1S/C21H29N3O3S/c1-6-20(18-13-12-16(2)17(3)14-18)22-21(25)15-24(28(26,27)23(4)5)19-10-8-7-9-11-19/h7-14,20H,6,15H2,1-5H3,(H,22,25)/t20-/m1/s1. The summed E-state index contributed by atoms with van der Waals surface area (Å²) in [6.45, 7) is 5.79. The van der Waals surface area contributed by atoms with Crippen molar-refractivity contribution in [1.82, 2.24) is 9.62 Å². The number of carbonyl (C=O) groups excluding carboxylic acids is 1. The molecule has 0 saturated carbocycles. The lowest BCUT2D eigenvalue weighted by Crippen LogP contribution is -2.46. The highest BCUT2D eigenvalue weighted by Crippen LogP contribution is 2.21. The molecule has 1 amide bonds. The van der Waals surface area contributed by atoms with Crippen LogP contribution in [0.2, 0.25) is 0 Å². The summed E-state index contributed by atoms with van der Waals surface area (Å²) in [7, 11) is -0.898. The molecular formula is C21H29N3O3S. The Labute approximate surface area is 168 Å². The lowest BCUT2D eigenvalue weighted by atomic mass is 9.99. The predicted molar refractivity (Wildman–Crippen MR) is 113 cm³/mol. The Bertz CT molecular complexity index is 912. The summed E-state index contributed by atoms with van der Waals surface area (Å²) in [5, 5.41) is 2.98. The fourth-order valence-corrected chi connectivity index (χ4v) is 3.93. The van der Waals surface area contributed by atoms with Crippen LogP contribution in [0.1, 0.15) is 36.1 Å². The van der Waals surface area contributed by atoms with Crippen molar-refractivity contribution in [3.8, 4) is 0 Å². The number of benzene rings is 2. The van der Waals surface area contributed by atoms with Crippen molar-refractivity contribution in [2.75, 3.05) is 24.9 Å². The van der Waals surface area contributed by atoms with Gasteiger partial charge in [0, 0.05) is 14.1 Å². The molecule has 0 bridgehead atoms. The number of amides is 1. The van der Waals surface area contributed by atoms with Crippen LogP contribution in [0.3, 0.4) is 0 Å². The number of hydrogen-bond acceptors (Lipinski definition) is 3. The van der Waals surface area contributed by atoms with Gasteiger partial charge in [0.2, 0.25) is 5.91 Å². The molecule has 0 fully saturated rings. The molecule has 2 rings (SSSR count). The van der Waals surface area contributed by atoms with E-state index in [9.17, 15) is 13.2 Å². The van der Waals surface area contributed by atoms with Crippen LogP contribution in [-0.4, -0.2) is 39.3 Å². The molecule has 0 heterocycles.